The van der Waals surface area contributed by atoms with Crippen molar-refractivity contribution >= 4 is 51.0 Å². The van der Waals surface area contributed by atoms with E-state index >= 15 is 0 Å². The van der Waals surface area contributed by atoms with Crippen LogP contribution in [0.2, 0.25) is 0 Å². The Labute approximate surface area is 129 Å². The van der Waals surface area contributed by atoms with Crippen molar-refractivity contribution in [2.45, 2.75) is 34.2 Å². The predicted octanol–water partition coefficient (Wildman–Crippen LogP) is 3.91. The maximum absolute atomic E-state index is 12.4. The van der Waals surface area contributed by atoms with Crippen molar-refractivity contribution in [3.05, 3.63) is 35.4 Å². The Morgan fingerprint density at radius 2 is 2.00 bits per heavy atom. The van der Waals surface area contributed by atoms with Crippen LogP contribution in [-0.4, -0.2) is 18.4 Å². The van der Waals surface area contributed by atoms with Gasteiger partial charge in [0, 0.05) is 5.56 Å². The van der Waals surface area contributed by atoms with Crippen LogP contribution in [0.4, 0.5) is 0 Å². The number of hydrogen-bond donors (Lipinski definition) is 1. The summed E-state index contributed by atoms with van der Waals surface area (Å²) in [5, 5.41) is 10.1. The highest BCUT2D eigenvalue weighted by molar-refractivity contribution is 14.2. The lowest BCUT2D eigenvalue weighted by Gasteiger charge is -2.25. The molecule has 0 bridgehead atoms. The molecule has 94 valence electrons. The Morgan fingerprint density at radius 1 is 1.41 bits per heavy atom. The minimum atomic E-state index is -0.780. The molecule has 1 N–H and O–H groups in total. The number of ketones is 1. The van der Waals surface area contributed by atoms with E-state index in [0.717, 1.165) is 12.0 Å². The van der Waals surface area contributed by atoms with Gasteiger partial charge < -0.3 is 5.11 Å². The first-order valence-corrected chi connectivity index (χ1v) is 7.73. The summed E-state index contributed by atoms with van der Waals surface area (Å²) in [4.78, 5) is 12.4. The van der Waals surface area contributed by atoms with Crippen molar-refractivity contribution in [3.8, 4) is 0 Å². The third kappa shape index (κ3) is 3.64. The molecule has 0 heterocycles. The summed E-state index contributed by atoms with van der Waals surface area (Å²) in [6.07, 6.45) is 0.903. The molecule has 0 aromatic heterocycles. The van der Waals surface area contributed by atoms with Crippen LogP contribution >= 0.6 is 45.2 Å². The van der Waals surface area contributed by atoms with E-state index in [1.807, 2.05) is 38.1 Å². The highest BCUT2D eigenvalue weighted by atomic mass is 127. The number of carbonyl (C=O) groups is 1. The Bertz CT molecular complexity index is 402. The van der Waals surface area contributed by atoms with E-state index in [-0.39, 0.29) is 5.78 Å². The standard InChI is InChI=1S/C13H16I2O2/c1-3-6-11(16)13(14,15)12(17)10-8-5-4-7-9(10)2/h4-5,7-8,11,16H,3,6H2,1-2H3. The van der Waals surface area contributed by atoms with Gasteiger partial charge in [-0.25, -0.2) is 0 Å². The van der Waals surface area contributed by atoms with Crippen LogP contribution < -0.4 is 0 Å². The second-order valence-electron chi connectivity index (χ2n) is 4.07. The number of aliphatic hydroxyl groups is 1. The van der Waals surface area contributed by atoms with E-state index in [1.54, 1.807) is 0 Å². The largest absolute Gasteiger partial charge is 0.390 e. The van der Waals surface area contributed by atoms with Gasteiger partial charge in [-0.05, 0) is 18.9 Å². The normalized spacial score (nSPS) is 13.5. The van der Waals surface area contributed by atoms with Crippen molar-refractivity contribution in [1.29, 1.82) is 0 Å². The van der Waals surface area contributed by atoms with Crippen molar-refractivity contribution in [1.82, 2.24) is 0 Å². The Balaban J connectivity index is 3.00. The van der Waals surface area contributed by atoms with Gasteiger partial charge in [0.1, 0.15) is 0 Å². The van der Waals surface area contributed by atoms with Gasteiger partial charge >= 0.3 is 0 Å². The molecule has 17 heavy (non-hydrogen) atoms. The molecule has 0 aliphatic carbocycles. The molecule has 0 aliphatic heterocycles. The quantitative estimate of drug-likeness (QED) is 0.413. The van der Waals surface area contributed by atoms with Crippen LogP contribution in [0.5, 0.6) is 0 Å². The molecule has 0 fully saturated rings. The molecular weight excluding hydrogens is 442 g/mol. The third-order valence-corrected chi connectivity index (χ3v) is 5.09. The fraction of sp³-hybridized carbons (Fsp3) is 0.462. The molecule has 2 nitrogen and oxygen atoms in total. The predicted molar refractivity (Wildman–Crippen MR) is 87.2 cm³/mol. The summed E-state index contributed by atoms with van der Waals surface area (Å²) in [6, 6.07) is 7.51. The van der Waals surface area contributed by atoms with Gasteiger partial charge in [-0.3, -0.25) is 4.79 Å². The minimum absolute atomic E-state index is 0.00208. The van der Waals surface area contributed by atoms with Gasteiger partial charge in [-0.2, -0.15) is 0 Å². The Morgan fingerprint density at radius 3 is 2.53 bits per heavy atom. The first kappa shape index (κ1) is 15.4. The highest BCUT2D eigenvalue weighted by Gasteiger charge is 2.40. The summed E-state index contributed by atoms with van der Waals surface area (Å²) in [7, 11) is 0. The van der Waals surface area contributed by atoms with Crippen molar-refractivity contribution in [2.75, 3.05) is 0 Å². The topological polar surface area (TPSA) is 37.3 Å². The van der Waals surface area contributed by atoms with Crippen LogP contribution in [0, 0.1) is 6.92 Å². The zero-order chi connectivity index (χ0) is 13.1. The monoisotopic (exact) mass is 458 g/mol. The molecule has 0 spiro atoms. The lowest BCUT2D eigenvalue weighted by Crippen LogP contribution is -2.38. The number of rotatable bonds is 5. The molecule has 1 aromatic rings. The lowest BCUT2D eigenvalue weighted by molar-refractivity contribution is 0.0885. The summed E-state index contributed by atoms with van der Waals surface area (Å²) in [5.41, 5.74) is 1.66. The van der Waals surface area contributed by atoms with Crippen LogP contribution in [0.25, 0.3) is 0 Å². The van der Waals surface area contributed by atoms with E-state index < -0.39 is 7.53 Å². The number of Topliss-reactive ketones (excluding diaryl/α,β-unsaturated/α-hetero) is 1. The first-order valence-electron chi connectivity index (χ1n) is 5.57. The molecular formula is C13H16I2O2. The summed E-state index contributed by atoms with van der Waals surface area (Å²) in [6.45, 7) is 3.92. The van der Waals surface area contributed by atoms with Gasteiger partial charge in [0.15, 0.2) is 7.21 Å². The van der Waals surface area contributed by atoms with E-state index in [9.17, 15) is 9.90 Å². The minimum Gasteiger partial charge on any atom is -0.390 e. The third-order valence-electron chi connectivity index (χ3n) is 2.67. The Hall–Kier alpha value is 0.310. The zero-order valence-corrected chi connectivity index (χ0v) is 14.2. The van der Waals surface area contributed by atoms with E-state index in [2.05, 4.69) is 45.2 Å². The number of halogens is 2. The number of aliphatic hydroxyl groups excluding tert-OH is 1. The smallest absolute Gasteiger partial charge is 0.191 e. The number of hydrogen-bond acceptors (Lipinski definition) is 2. The fourth-order valence-electron chi connectivity index (χ4n) is 1.61. The molecule has 1 unspecified atom stereocenters. The first-order chi connectivity index (χ1) is 7.91. The highest BCUT2D eigenvalue weighted by Crippen LogP contribution is 2.37. The average Bonchev–Trinajstić information content (AvgIpc) is 2.29. The van der Waals surface area contributed by atoms with Crippen molar-refractivity contribution < 1.29 is 9.90 Å². The number of aryl methyl sites for hydroxylation is 1. The molecule has 1 rings (SSSR count). The molecule has 1 aromatic carbocycles. The second-order valence-corrected chi connectivity index (χ2v) is 9.54. The van der Waals surface area contributed by atoms with Crippen molar-refractivity contribution in [2.24, 2.45) is 0 Å². The maximum Gasteiger partial charge on any atom is 0.191 e. The van der Waals surface area contributed by atoms with Crippen LogP contribution in [0.1, 0.15) is 35.7 Å². The SMILES string of the molecule is CCCC(O)C(I)(I)C(=O)c1ccccc1C. The van der Waals surface area contributed by atoms with Crippen LogP contribution in [0.15, 0.2) is 24.3 Å². The fourth-order valence-corrected chi connectivity index (χ4v) is 2.82. The summed E-state index contributed by atoms with van der Waals surface area (Å²) >= 11 is 4.12. The summed E-state index contributed by atoms with van der Waals surface area (Å²) in [5.74, 6) is -0.00208. The number of carbonyl (C=O) groups excluding carboxylic acids is 1. The van der Waals surface area contributed by atoms with Crippen molar-refractivity contribution in [3.63, 3.8) is 0 Å². The summed E-state index contributed by atoms with van der Waals surface area (Å²) < 4.78 is -0.780. The van der Waals surface area contributed by atoms with E-state index in [4.69, 9.17) is 0 Å². The molecule has 0 saturated carbocycles. The molecule has 0 aliphatic rings. The van der Waals surface area contributed by atoms with Crippen LogP contribution in [0.3, 0.4) is 0 Å². The molecule has 0 radical (unpaired) electrons. The zero-order valence-electron chi connectivity index (χ0n) is 9.91. The van der Waals surface area contributed by atoms with Gasteiger partial charge in [0.05, 0.1) is 6.10 Å². The molecule has 0 amide bonds. The molecule has 0 saturated heterocycles. The number of alkyl halides is 2. The van der Waals surface area contributed by atoms with Gasteiger partial charge in [0.25, 0.3) is 0 Å². The lowest BCUT2D eigenvalue weighted by atomic mass is 9.99. The average molecular weight is 458 g/mol. The van der Waals surface area contributed by atoms with E-state index in [0.29, 0.717) is 12.0 Å². The number of benzene rings is 1. The van der Waals surface area contributed by atoms with Crippen LogP contribution in [-0.2, 0) is 0 Å². The maximum atomic E-state index is 12.4. The Kier molecular flexibility index (Phi) is 5.85. The van der Waals surface area contributed by atoms with Gasteiger partial charge in [-0.1, -0.05) is 82.8 Å². The van der Waals surface area contributed by atoms with Gasteiger partial charge in [-0.15, -0.1) is 0 Å². The van der Waals surface area contributed by atoms with E-state index in [1.165, 1.54) is 0 Å². The molecule has 4 heteroatoms. The second kappa shape index (κ2) is 6.47. The van der Waals surface area contributed by atoms with Gasteiger partial charge in [0.2, 0.25) is 0 Å². The molecule has 1 atom stereocenters.